The first-order valence-corrected chi connectivity index (χ1v) is 26.7. The van der Waals surface area contributed by atoms with Gasteiger partial charge in [0, 0.05) is 16.8 Å². The van der Waals surface area contributed by atoms with Crippen LogP contribution in [0.25, 0.3) is 65.0 Å². The molecule has 0 aliphatic rings. The second-order valence-corrected chi connectivity index (χ2v) is 22.4. The average Bonchev–Trinajstić information content (AvgIpc) is 3.80. The zero-order valence-corrected chi connectivity index (χ0v) is 45.7. The number of fused-ring (bicyclic) bond motifs is 7. The van der Waals surface area contributed by atoms with Crippen LogP contribution in [-0.2, 0) is 44.8 Å². The minimum absolute atomic E-state index is 0. The van der Waals surface area contributed by atoms with E-state index < -0.39 is 15.8 Å². The fourth-order valence-electron chi connectivity index (χ4n) is 9.60. The summed E-state index contributed by atoms with van der Waals surface area (Å²) >= 11 is 0. The van der Waals surface area contributed by atoms with Crippen molar-refractivity contribution in [2.45, 2.75) is 0 Å². The second kappa shape index (κ2) is 23.7. The Labute approximate surface area is 460 Å². The second-order valence-electron chi connectivity index (χ2n) is 17.5. The van der Waals surface area contributed by atoms with Crippen molar-refractivity contribution in [3.8, 4) is 11.8 Å². The van der Waals surface area contributed by atoms with Crippen molar-refractivity contribution in [2.75, 3.05) is 0 Å². The maximum atomic E-state index is 7.13. The normalized spacial score (nSPS) is 10.7. The fourth-order valence-corrected chi connectivity index (χ4v) is 15.6. The molecule has 73 heavy (non-hydrogen) atoms. The van der Waals surface area contributed by atoms with Gasteiger partial charge in [0.1, 0.15) is 58.8 Å². The molecule has 0 saturated carbocycles. The van der Waals surface area contributed by atoms with Gasteiger partial charge in [-0.2, -0.15) is 0 Å². The molecule has 13 aromatic rings. The Kier molecular flexibility index (Phi) is 16.5. The van der Waals surface area contributed by atoms with Gasteiger partial charge in [0.2, 0.25) is 0 Å². The third-order valence-corrected chi connectivity index (χ3v) is 18.8. The fraction of sp³-hybridized carbons (Fsp3) is 0. The monoisotopic (exact) mass is 1330 g/mol. The van der Waals surface area contributed by atoms with E-state index in [0.29, 0.717) is 0 Å². The summed E-state index contributed by atoms with van der Waals surface area (Å²) in [6.45, 7) is 0. The molecule has 0 amide bonds. The Morgan fingerprint density at radius 1 is 0.274 bits per heavy atom. The minimum Gasteiger partial charge on any atom is -0.456 e. The molecule has 0 spiro atoms. The van der Waals surface area contributed by atoms with Crippen LogP contribution in [-0.4, -0.2) is 0 Å². The topological polar surface area (TPSA) is 13.1 Å². The summed E-state index contributed by atoms with van der Waals surface area (Å²) in [5.41, 5.74) is 3.55. The maximum absolute atomic E-state index is 7.13. The number of hydrogen-bond donors (Lipinski definition) is 0. The van der Waals surface area contributed by atoms with E-state index in [-0.39, 0.29) is 44.8 Å². The van der Waals surface area contributed by atoms with Crippen molar-refractivity contribution in [2.24, 2.45) is 0 Å². The van der Waals surface area contributed by atoms with Gasteiger partial charge in [-0.25, -0.2) is 0 Å². The molecule has 0 atom stereocenters. The Hall–Kier alpha value is -7.06. The van der Waals surface area contributed by atoms with E-state index in [2.05, 4.69) is 218 Å². The van der Waals surface area contributed by atoms with Gasteiger partial charge in [-0.05, 0) is 128 Å². The van der Waals surface area contributed by atoms with Gasteiger partial charge >= 0.3 is 44.8 Å². The van der Waals surface area contributed by atoms with Crippen molar-refractivity contribution in [1.82, 2.24) is 0 Å². The van der Waals surface area contributed by atoms with Gasteiger partial charge in [0.25, 0.3) is 0 Å². The molecule has 13 rings (SSSR count). The van der Waals surface area contributed by atoms with Gasteiger partial charge < -0.3 is 17.3 Å². The van der Waals surface area contributed by atoms with E-state index in [1.165, 1.54) is 74.9 Å². The molecule has 1 heterocycles. The standard InChI is InChI=1S/C36H26OP2.2C16H9.2Au/c1-5-15-27(16-6-1)38(28-17-7-2-8-18-28)35-25-32-31-23-13-14-24-33(31)37-34(32)26-36(35)39(29-19-9-3-10-20-29)30-21-11-4-12-22-30;2*1-2-12-7-8-15-10-13-5-3-4-6-14(13)11-16(15)9-12;;/h1-26H;2*3-11H;;/q;2*-1;2*+1/p+2. The van der Waals surface area contributed by atoms with Crippen LogP contribution in [0.2, 0.25) is 0 Å². The van der Waals surface area contributed by atoms with E-state index in [9.17, 15) is 0 Å². The van der Waals surface area contributed by atoms with Crippen LogP contribution in [0.1, 0.15) is 11.1 Å². The molecule has 0 saturated heterocycles. The van der Waals surface area contributed by atoms with Crippen LogP contribution in [0, 0.1) is 24.7 Å². The number of hydrogen-bond acceptors (Lipinski definition) is 1. The Balaban J connectivity index is 0.000000158. The van der Waals surface area contributed by atoms with Crippen molar-refractivity contribution in [1.29, 1.82) is 0 Å². The quantitative estimate of drug-likeness (QED) is 0.0532. The zero-order valence-electron chi connectivity index (χ0n) is 39.4. The molecule has 0 N–H and O–H groups in total. The molecule has 0 bridgehead atoms. The Morgan fingerprint density at radius 3 is 1.00 bits per heavy atom. The molecule has 1 aromatic heterocycles. The number of para-hydroxylation sites is 1. The summed E-state index contributed by atoms with van der Waals surface area (Å²) in [5, 5.41) is 20.5. The average molecular weight is 1330 g/mol. The molecule has 0 aliphatic carbocycles. The van der Waals surface area contributed by atoms with Crippen LogP contribution < -0.4 is 31.8 Å². The number of furan rings is 1. The first-order valence-electron chi connectivity index (χ1n) is 23.7. The molecule has 0 radical (unpaired) electrons. The van der Waals surface area contributed by atoms with Gasteiger partial charge in [-0.3, -0.25) is 11.8 Å². The maximum Gasteiger partial charge on any atom is 1.00 e. The smallest absolute Gasteiger partial charge is 0.456 e. The molecule has 1 nitrogen and oxygen atoms in total. The van der Waals surface area contributed by atoms with Crippen LogP contribution in [0.4, 0.5) is 0 Å². The molecule has 0 fully saturated rings. The molecule has 0 aliphatic heterocycles. The van der Waals surface area contributed by atoms with Crippen LogP contribution >= 0.6 is 15.8 Å². The third kappa shape index (κ3) is 11.1. The molecule has 5 heteroatoms. The van der Waals surface area contributed by atoms with Crippen LogP contribution in [0.5, 0.6) is 0 Å². The summed E-state index contributed by atoms with van der Waals surface area (Å²) in [4.78, 5) is 0. The van der Waals surface area contributed by atoms with Gasteiger partial charge in [0.05, 0.1) is 0 Å². The summed E-state index contributed by atoms with van der Waals surface area (Å²) in [5.74, 6) is 4.83. The predicted molar refractivity (Wildman–Crippen MR) is 309 cm³/mol. The Bertz CT molecular complexity index is 3880. The first-order chi connectivity index (χ1) is 35.1. The SMILES string of the molecule is [Au+].[Au+].[C-]#Cc1ccc2cc3ccccc3cc2c1.[C-]#Cc1ccc2cc3ccccc3cc2c1.c1ccc([PH+](c2ccccc2)c2cc3oc4ccccc4c3cc2[PH+](c2ccccc2)c2ccccc2)cc1. The summed E-state index contributed by atoms with van der Waals surface area (Å²) in [6.07, 6.45) is 14.3. The van der Waals surface area contributed by atoms with Gasteiger partial charge in [-0.1, -0.05) is 152 Å². The van der Waals surface area contributed by atoms with E-state index in [0.717, 1.165) is 33.1 Å². The van der Waals surface area contributed by atoms with Crippen molar-refractivity contribution < 1.29 is 49.2 Å². The third-order valence-electron chi connectivity index (χ3n) is 13.0. The van der Waals surface area contributed by atoms with Crippen molar-refractivity contribution >= 4 is 113 Å². The molecular formula is C68H46Au2OP2+2. The summed E-state index contributed by atoms with van der Waals surface area (Å²) in [7, 11) is -2.65. The molecule has 0 unspecified atom stereocenters. The molecule has 354 valence electrons. The zero-order chi connectivity index (χ0) is 47.9. The van der Waals surface area contributed by atoms with Crippen LogP contribution in [0.3, 0.4) is 0 Å². The predicted octanol–water partition coefficient (Wildman–Crippen LogP) is 14.4. The first kappa shape index (κ1) is 50.9. The molecular weight excluding hydrogens is 1290 g/mol. The largest absolute Gasteiger partial charge is 1.00 e. The number of benzene rings is 12. The van der Waals surface area contributed by atoms with Crippen molar-refractivity contribution in [3.05, 3.63) is 291 Å². The van der Waals surface area contributed by atoms with E-state index in [1.807, 2.05) is 60.7 Å². The van der Waals surface area contributed by atoms with Crippen LogP contribution in [0.15, 0.2) is 271 Å². The van der Waals surface area contributed by atoms with E-state index >= 15 is 0 Å². The number of rotatable bonds is 6. The van der Waals surface area contributed by atoms with Crippen molar-refractivity contribution in [3.63, 3.8) is 0 Å². The van der Waals surface area contributed by atoms with Gasteiger partial charge in [-0.15, -0.1) is 35.4 Å². The van der Waals surface area contributed by atoms with E-state index in [1.54, 1.807) is 0 Å². The van der Waals surface area contributed by atoms with E-state index in [4.69, 9.17) is 17.3 Å². The summed E-state index contributed by atoms with van der Waals surface area (Å²) in [6, 6.07) is 94.7. The Morgan fingerprint density at radius 2 is 0.603 bits per heavy atom. The van der Waals surface area contributed by atoms with Gasteiger partial charge in [0.15, 0.2) is 0 Å². The summed E-state index contributed by atoms with van der Waals surface area (Å²) < 4.78 is 6.49. The minimum atomic E-state index is -1.33. The molecule has 12 aromatic carbocycles.